The van der Waals surface area contributed by atoms with Crippen molar-refractivity contribution in [3.8, 4) is 11.5 Å². The molecule has 1 unspecified atom stereocenters. The summed E-state index contributed by atoms with van der Waals surface area (Å²) in [7, 11) is 1.67. The molecule has 21 heavy (non-hydrogen) atoms. The summed E-state index contributed by atoms with van der Waals surface area (Å²) >= 11 is 7.09. The fourth-order valence-corrected chi connectivity index (χ4v) is 3.75. The first-order valence-electron chi connectivity index (χ1n) is 6.70. The van der Waals surface area contributed by atoms with Gasteiger partial charge >= 0.3 is 0 Å². The van der Waals surface area contributed by atoms with Crippen LogP contribution in [0.25, 0.3) is 0 Å². The number of anilines is 1. The Hall–Kier alpha value is -1.20. The Morgan fingerprint density at radius 3 is 2.81 bits per heavy atom. The Morgan fingerprint density at radius 1 is 1.19 bits per heavy atom. The summed E-state index contributed by atoms with van der Waals surface area (Å²) in [4.78, 5) is 0. The molecule has 1 atom stereocenters. The Morgan fingerprint density at radius 2 is 2.00 bits per heavy atom. The maximum Gasteiger partial charge on any atom is 0.135 e. The van der Waals surface area contributed by atoms with Gasteiger partial charge in [0.05, 0.1) is 29.9 Å². The van der Waals surface area contributed by atoms with Crippen LogP contribution in [0.5, 0.6) is 11.5 Å². The van der Waals surface area contributed by atoms with Crippen molar-refractivity contribution in [3.63, 3.8) is 0 Å². The van der Waals surface area contributed by atoms with Crippen molar-refractivity contribution in [2.24, 2.45) is 0 Å². The lowest BCUT2D eigenvalue weighted by molar-refractivity contribution is 0.274. The number of benzene rings is 2. The summed E-state index contributed by atoms with van der Waals surface area (Å²) in [6, 6.07) is 12.4. The van der Waals surface area contributed by atoms with Gasteiger partial charge in [-0.1, -0.05) is 18.2 Å². The second kappa shape index (κ2) is 6.28. The molecule has 0 bridgehead atoms. The summed E-state index contributed by atoms with van der Waals surface area (Å²) in [6.07, 6.45) is 0.932. The van der Waals surface area contributed by atoms with Gasteiger partial charge < -0.3 is 14.8 Å². The van der Waals surface area contributed by atoms with Gasteiger partial charge in [0.1, 0.15) is 11.5 Å². The lowest BCUT2D eigenvalue weighted by Crippen LogP contribution is -2.20. The predicted molar refractivity (Wildman–Crippen MR) is 91.3 cm³/mol. The molecule has 110 valence electrons. The second-order valence-electron chi connectivity index (χ2n) is 4.84. The SMILES string of the molecule is COc1cc(NC2CCOc3ccccc32)c(Br)cc1Br. The van der Waals surface area contributed by atoms with Crippen molar-refractivity contribution < 1.29 is 9.47 Å². The summed E-state index contributed by atoms with van der Waals surface area (Å²) < 4.78 is 13.0. The van der Waals surface area contributed by atoms with Crippen LogP contribution in [0.15, 0.2) is 45.3 Å². The fourth-order valence-electron chi connectivity index (χ4n) is 2.48. The zero-order valence-corrected chi connectivity index (χ0v) is 14.7. The molecule has 1 aliphatic rings. The average Bonchev–Trinajstić information content (AvgIpc) is 2.50. The molecule has 0 saturated carbocycles. The molecule has 0 fully saturated rings. The van der Waals surface area contributed by atoms with Gasteiger partial charge in [0.15, 0.2) is 0 Å². The van der Waals surface area contributed by atoms with E-state index < -0.39 is 0 Å². The second-order valence-corrected chi connectivity index (χ2v) is 6.55. The van der Waals surface area contributed by atoms with E-state index in [0.717, 1.165) is 39.2 Å². The van der Waals surface area contributed by atoms with E-state index in [2.05, 4.69) is 43.2 Å². The van der Waals surface area contributed by atoms with Crippen molar-refractivity contribution in [3.05, 3.63) is 50.9 Å². The van der Waals surface area contributed by atoms with E-state index in [1.54, 1.807) is 7.11 Å². The summed E-state index contributed by atoms with van der Waals surface area (Å²) in [6.45, 7) is 0.722. The standard InChI is InChI=1S/C16H15Br2NO2/c1-20-16-9-14(11(17)8-12(16)18)19-13-6-7-21-15-5-3-2-4-10(13)15/h2-5,8-9,13,19H,6-7H2,1H3. The largest absolute Gasteiger partial charge is 0.495 e. The van der Waals surface area contributed by atoms with Crippen LogP contribution in [0.4, 0.5) is 5.69 Å². The molecular formula is C16H15Br2NO2. The van der Waals surface area contributed by atoms with Crippen LogP contribution in [0.1, 0.15) is 18.0 Å². The Labute approximate surface area is 140 Å². The minimum absolute atomic E-state index is 0.233. The number of halogens is 2. The topological polar surface area (TPSA) is 30.5 Å². The van der Waals surface area contributed by atoms with Gasteiger partial charge in [0.2, 0.25) is 0 Å². The molecule has 0 spiro atoms. The fraction of sp³-hybridized carbons (Fsp3) is 0.250. The van der Waals surface area contributed by atoms with Crippen LogP contribution in [0.2, 0.25) is 0 Å². The molecule has 1 aliphatic heterocycles. The zero-order chi connectivity index (χ0) is 14.8. The van der Waals surface area contributed by atoms with Crippen LogP contribution >= 0.6 is 31.9 Å². The molecule has 3 rings (SSSR count). The molecule has 2 aromatic carbocycles. The minimum Gasteiger partial charge on any atom is -0.495 e. The zero-order valence-electron chi connectivity index (χ0n) is 11.5. The number of nitrogens with one attached hydrogen (secondary N) is 1. The van der Waals surface area contributed by atoms with E-state index in [1.165, 1.54) is 5.56 Å². The lowest BCUT2D eigenvalue weighted by Gasteiger charge is -2.28. The number of methoxy groups -OCH3 is 1. The molecule has 0 amide bonds. The van der Waals surface area contributed by atoms with Crippen LogP contribution in [0, 0.1) is 0 Å². The van der Waals surface area contributed by atoms with Gasteiger partial charge in [-0.25, -0.2) is 0 Å². The van der Waals surface area contributed by atoms with E-state index in [0.29, 0.717) is 0 Å². The summed E-state index contributed by atoms with van der Waals surface area (Å²) in [5, 5.41) is 3.58. The van der Waals surface area contributed by atoms with Crippen LogP contribution in [0.3, 0.4) is 0 Å². The monoisotopic (exact) mass is 411 g/mol. The van der Waals surface area contributed by atoms with Gasteiger partial charge in [0, 0.05) is 22.5 Å². The van der Waals surface area contributed by atoms with E-state index in [4.69, 9.17) is 9.47 Å². The molecule has 1 heterocycles. The van der Waals surface area contributed by atoms with E-state index in [1.807, 2.05) is 30.3 Å². The highest BCUT2D eigenvalue weighted by Crippen LogP contribution is 2.39. The minimum atomic E-state index is 0.233. The van der Waals surface area contributed by atoms with Crippen LogP contribution < -0.4 is 14.8 Å². The van der Waals surface area contributed by atoms with Crippen molar-refractivity contribution >= 4 is 37.5 Å². The average molecular weight is 413 g/mol. The van der Waals surface area contributed by atoms with E-state index in [-0.39, 0.29) is 6.04 Å². The summed E-state index contributed by atoms with van der Waals surface area (Å²) in [5.41, 5.74) is 2.20. The molecular weight excluding hydrogens is 398 g/mol. The molecule has 0 aliphatic carbocycles. The number of fused-ring (bicyclic) bond motifs is 1. The third-order valence-electron chi connectivity index (χ3n) is 3.53. The molecule has 2 aromatic rings. The summed E-state index contributed by atoms with van der Waals surface area (Å²) in [5.74, 6) is 1.77. The smallest absolute Gasteiger partial charge is 0.135 e. The first kappa shape index (κ1) is 14.7. The van der Waals surface area contributed by atoms with Crippen LogP contribution in [-0.2, 0) is 0 Å². The van der Waals surface area contributed by atoms with E-state index in [9.17, 15) is 0 Å². The van der Waals surface area contributed by atoms with Gasteiger partial charge in [0.25, 0.3) is 0 Å². The third kappa shape index (κ3) is 3.04. The highest BCUT2D eigenvalue weighted by atomic mass is 79.9. The Balaban J connectivity index is 1.91. The Bertz CT molecular complexity index is 661. The molecule has 3 nitrogen and oxygen atoms in total. The highest BCUT2D eigenvalue weighted by Gasteiger charge is 2.21. The van der Waals surface area contributed by atoms with E-state index >= 15 is 0 Å². The molecule has 0 saturated heterocycles. The normalized spacial score (nSPS) is 16.8. The maximum absolute atomic E-state index is 5.70. The molecule has 5 heteroatoms. The van der Waals surface area contributed by atoms with Gasteiger partial charge in [-0.15, -0.1) is 0 Å². The van der Waals surface area contributed by atoms with Crippen molar-refractivity contribution in [1.82, 2.24) is 0 Å². The molecule has 0 aromatic heterocycles. The van der Waals surface area contributed by atoms with Crippen molar-refractivity contribution in [2.45, 2.75) is 12.5 Å². The Kier molecular flexibility index (Phi) is 4.40. The maximum atomic E-state index is 5.70. The van der Waals surface area contributed by atoms with Crippen LogP contribution in [-0.4, -0.2) is 13.7 Å². The first-order chi connectivity index (χ1) is 10.2. The lowest BCUT2D eigenvalue weighted by atomic mass is 10.0. The quantitative estimate of drug-likeness (QED) is 0.755. The number of ether oxygens (including phenoxy) is 2. The molecule has 0 radical (unpaired) electrons. The van der Waals surface area contributed by atoms with Gasteiger partial charge in [-0.3, -0.25) is 0 Å². The van der Waals surface area contributed by atoms with Crippen molar-refractivity contribution in [1.29, 1.82) is 0 Å². The number of rotatable bonds is 3. The number of hydrogen-bond acceptors (Lipinski definition) is 3. The van der Waals surface area contributed by atoms with Gasteiger partial charge in [-0.05, 0) is 44.0 Å². The predicted octanol–water partition coefficient (Wildman–Crippen LogP) is 5.16. The number of hydrogen-bond donors (Lipinski definition) is 1. The molecule has 1 N–H and O–H groups in total. The first-order valence-corrected chi connectivity index (χ1v) is 8.29. The number of para-hydroxylation sites is 1. The third-order valence-corrected chi connectivity index (χ3v) is 4.81. The highest BCUT2D eigenvalue weighted by molar-refractivity contribution is 9.11. The van der Waals surface area contributed by atoms with Gasteiger partial charge in [-0.2, -0.15) is 0 Å². The van der Waals surface area contributed by atoms with Crippen molar-refractivity contribution in [2.75, 3.05) is 19.0 Å².